The van der Waals surface area contributed by atoms with Crippen molar-refractivity contribution in [1.29, 1.82) is 0 Å². The molecule has 0 spiro atoms. The van der Waals surface area contributed by atoms with Crippen LogP contribution in [0.3, 0.4) is 0 Å². The molecule has 1 saturated heterocycles. The van der Waals surface area contributed by atoms with Crippen molar-refractivity contribution >= 4 is 33.4 Å². The van der Waals surface area contributed by atoms with Gasteiger partial charge in [0.05, 0.1) is 11.6 Å². The smallest absolute Gasteiger partial charge is 0.295 e. The first-order valence-corrected chi connectivity index (χ1v) is 11.1. The van der Waals surface area contributed by atoms with Crippen molar-refractivity contribution in [3.63, 3.8) is 0 Å². The fourth-order valence-electron chi connectivity index (χ4n) is 4.07. The first kappa shape index (κ1) is 21.2. The van der Waals surface area contributed by atoms with Crippen LogP contribution >= 0.6 is 15.9 Å². The summed E-state index contributed by atoms with van der Waals surface area (Å²) in [6.07, 6.45) is 3.30. The molecule has 3 heterocycles. The fourth-order valence-corrected chi connectivity index (χ4v) is 4.33. The second kappa shape index (κ2) is 8.71. The van der Waals surface area contributed by atoms with Crippen LogP contribution in [-0.2, 0) is 16.1 Å². The number of hydrogen-bond acceptors (Lipinski definition) is 6. The molecule has 0 bridgehead atoms. The molecule has 33 heavy (non-hydrogen) atoms. The summed E-state index contributed by atoms with van der Waals surface area (Å²) in [5.41, 5.74) is 1.89. The van der Waals surface area contributed by atoms with E-state index in [-0.39, 0.29) is 17.9 Å². The molecule has 1 unspecified atom stereocenters. The predicted molar refractivity (Wildman–Crippen MR) is 124 cm³/mol. The number of benzene rings is 2. The normalized spacial score (nSPS) is 19.1. The van der Waals surface area contributed by atoms with Crippen LogP contribution in [-0.4, -0.2) is 39.9 Å². The van der Waals surface area contributed by atoms with Gasteiger partial charge >= 0.3 is 0 Å². The zero-order valence-corrected chi connectivity index (χ0v) is 19.0. The highest BCUT2D eigenvalue weighted by atomic mass is 79.9. The second-order valence-corrected chi connectivity index (χ2v) is 8.61. The summed E-state index contributed by atoms with van der Waals surface area (Å²) < 4.78 is 12.0. The Kier molecular flexibility index (Phi) is 5.60. The number of rotatable bonds is 4. The lowest BCUT2D eigenvalue weighted by Crippen LogP contribution is -2.29. The molecule has 2 aliphatic rings. The lowest BCUT2D eigenvalue weighted by molar-refractivity contribution is -0.140. The maximum Gasteiger partial charge on any atom is 0.295 e. The van der Waals surface area contributed by atoms with Gasteiger partial charge in [0.25, 0.3) is 11.7 Å². The number of fused-ring (bicyclic) bond motifs is 1. The Bertz CT molecular complexity index is 1260. The Hall–Kier alpha value is -3.65. The molecule has 1 atom stereocenters. The maximum absolute atomic E-state index is 13.2. The lowest BCUT2D eigenvalue weighted by atomic mass is 9.95. The Labute approximate surface area is 198 Å². The van der Waals surface area contributed by atoms with Gasteiger partial charge in [0.1, 0.15) is 19.0 Å². The lowest BCUT2D eigenvalue weighted by Gasteiger charge is -2.25. The van der Waals surface area contributed by atoms with E-state index in [9.17, 15) is 14.7 Å². The van der Waals surface area contributed by atoms with Crippen LogP contribution in [0.1, 0.15) is 22.7 Å². The maximum atomic E-state index is 13.2. The minimum atomic E-state index is -0.758. The highest BCUT2D eigenvalue weighted by Crippen LogP contribution is 2.42. The Morgan fingerprint density at radius 2 is 1.82 bits per heavy atom. The summed E-state index contributed by atoms with van der Waals surface area (Å²) in [5.74, 6) is -0.619. The number of pyridine rings is 1. The number of ether oxygens (including phenoxy) is 2. The number of halogens is 1. The quantitative estimate of drug-likeness (QED) is 0.323. The highest BCUT2D eigenvalue weighted by molar-refractivity contribution is 9.10. The van der Waals surface area contributed by atoms with Gasteiger partial charge in [-0.3, -0.25) is 14.6 Å². The fraction of sp³-hybridized carbons (Fsp3) is 0.160. The summed E-state index contributed by atoms with van der Waals surface area (Å²) in [6.45, 7) is 1.02. The summed E-state index contributed by atoms with van der Waals surface area (Å²) >= 11 is 3.42. The number of aliphatic hydroxyl groups is 1. The van der Waals surface area contributed by atoms with Crippen molar-refractivity contribution in [2.45, 2.75) is 12.6 Å². The molecule has 2 aliphatic heterocycles. The van der Waals surface area contributed by atoms with Crippen molar-refractivity contribution in [2.24, 2.45) is 0 Å². The molecule has 0 aliphatic carbocycles. The second-order valence-electron chi connectivity index (χ2n) is 7.70. The zero-order valence-electron chi connectivity index (χ0n) is 17.4. The zero-order chi connectivity index (χ0) is 22.9. The average Bonchev–Trinajstić information content (AvgIpc) is 3.09. The van der Waals surface area contributed by atoms with E-state index in [2.05, 4.69) is 20.9 Å². The summed E-state index contributed by atoms with van der Waals surface area (Å²) in [6, 6.07) is 15.1. The van der Waals surface area contributed by atoms with E-state index in [0.29, 0.717) is 35.8 Å². The van der Waals surface area contributed by atoms with Crippen molar-refractivity contribution in [3.05, 3.63) is 93.7 Å². The van der Waals surface area contributed by atoms with Crippen LogP contribution in [0.25, 0.3) is 5.76 Å². The monoisotopic (exact) mass is 506 g/mol. The number of hydrogen-bond donors (Lipinski definition) is 1. The number of carbonyl (C=O) groups is 2. The third kappa shape index (κ3) is 3.98. The number of amides is 1. The minimum Gasteiger partial charge on any atom is -0.507 e. The average molecular weight is 507 g/mol. The van der Waals surface area contributed by atoms with E-state index in [0.717, 1.165) is 10.0 Å². The SMILES string of the molecule is O=C1C(=O)N(Cc2cccnc2)C(c2ccc(Br)cc2)/C1=C(\O)c1ccc2c(c1)OCCO2. The minimum absolute atomic E-state index is 0.0305. The van der Waals surface area contributed by atoms with Gasteiger partial charge in [-0.25, -0.2) is 0 Å². The van der Waals surface area contributed by atoms with Gasteiger partial charge in [-0.05, 0) is 47.5 Å². The molecular formula is C25H19BrN2O5. The number of Topliss-reactive ketones (excluding diaryl/α,β-unsaturated/α-hetero) is 1. The van der Waals surface area contributed by atoms with Gasteiger partial charge in [-0.15, -0.1) is 0 Å². The number of nitrogens with zero attached hydrogens (tertiary/aromatic N) is 2. The third-order valence-electron chi connectivity index (χ3n) is 5.62. The van der Waals surface area contributed by atoms with Crippen LogP contribution in [0.2, 0.25) is 0 Å². The number of aliphatic hydroxyl groups excluding tert-OH is 1. The van der Waals surface area contributed by atoms with Gasteiger partial charge < -0.3 is 19.5 Å². The molecule has 5 rings (SSSR count). The van der Waals surface area contributed by atoms with E-state index in [1.54, 1.807) is 36.7 Å². The van der Waals surface area contributed by atoms with Gasteiger partial charge in [0.2, 0.25) is 0 Å². The Morgan fingerprint density at radius 3 is 2.55 bits per heavy atom. The molecule has 2 aromatic carbocycles. The van der Waals surface area contributed by atoms with E-state index in [1.165, 1.54) is 4.90 Å². The van der Waals surface area contributed by atoms with Crippen molar-refractivity contribution in [1.82, 2.24) is 9.88 Å². The van der Waals surface area contributed by atoms with Crippen molar-refractivity contribution in [2.75, 3.05) is 13.2 Å². The van der Waals surface area contributed by atoms with E-state index in [1.807, 2.05) is 30.3 Å². The van der Waals surface area contributed by atoms with Crippen molar-refractivity contribution in [3.8, 4) is 11.5 Å². The summed E-state index contributed by atoms with van der Waals surface area (Å²) in [5, 5.41) is 11.2. The molecule has 3 aromatic rings. The van der Waals surface area contributed by atoms with Gasteiger partial charge in [0.15, 0.2) is 11.5 Å². The molecule has 0 saturated carbocycles. The van der Waals surface area contributed by atoms with Crippen LogP contribution in [0, 0.1) is 0 Å². The Balaban J connectivity index is 1.63. The van der Waals surface area contributed by atoms with Crippen LogP contribution in [0.4, 0.5) is 0 Å². The number of aromatic nitrogens is 1. The van der Waals surface area contributed by atoms with Crippen LogP contribution in [0.15, 0.2) is 77.0 Å². The number of ketones is 1. The topological polar surface area (TPSA) is 89.0 Å². The Morgan fingerprint density at radius 1 is 1.06 bits per heavy atom. The molecule has 166 valence electrons. The molecule has 1 aromatic heterocycles. The molecule has 0 radical (unpaired) electrons. The molecular weight excluding hydrogens is 488 g/mol. The highest BCUT2D eigenvalue weighted by Gasteiger charge is 2.46. The molecule has 1 amide bonds. The molecule has 8 heteroatoms. The molecule has 1 N–H and O–H groups in total. The molecule has 7 nitrogen and oxygen atoms in total. The van der Waals surface area contributed by atoms with E-state index >= 15 is 0 Å². The first-order valence-electron chi connectivity index (χ1n) is 10.4. The largest absolute Gasteiger partial charge is 0.507 e. The summed E-state index contributed by atoms with van der Waals surface area (Å²) in [4.78, 5) is 31.8. The third-order valence-corrected chi connectivity index (χ3v) is 6.15. The molecule has 1 fully saturated rings. The predicted octanol–water partition coefficient (Wildman–Crippen LogP) is 4.24. The first-order chi connectivity index (χ1) is 16.0. The van der Waals surface area contributed by atoms with Gasteiger partial charge in [0, 0.05) is 29.0 Å². The summed E-state index contributed by atoms with van der Waals surface area (Å²) in [7, 11) is 0. The van der Waals surface area contributed by atoms with Gasteiger partial charge in [-0.1, -0.05) is 34.1 Å². The number of likely N-dealkylation sites (tertiary alicyclic amines) is 1. The number of carbonyl (C=O) groups excluding carboxylic acids is 2. The van der Waals surface area contributed by atoms with E-state index < -0.39 is 17.7 Å². The van der Waals surface area contributed by atoms with Crippen molar-refractivity contribution < 1.29 is 24.2 Å². The van der Waals surface area contributed by atoms with Crippen LogP contribution in [0.5, 0.6) is 11.5 Å². The van der Waals surface area contributed by atoms with E-state index in [4.69, 9.17) is 9.47 Å². The standard InChI is InChI=1S/C25H19BrN2O5/c26-18-6-3-16(4-7-18)22-21(23(29)17-5-8-19-20(12-17)33-11-10-32-19)24(30)25(31)28(22)14-15-2-1-9-27-13-15/h1-9,12-13,22,29H,10-11,14H2/b23-21+. The van der Waals surface area contributed by atoms with Gasteiger partial charge in [-0.2, -0.15) is 0 Å². The van der Waals surface area contributed by atoms with Crippen LogP contribution < -0.4 is 9.47 Å².